The van der Waals surface area contributed by atoms with Gasteiger partial charge < -0.3 is 29.6 Å². The van der Waals surface area contributed by atoms with E-state index < -0.39 is 0 Å². The third-order valence-electron chi connectivity index (χ3n) is 5.58. The minimum atomic E-state index is 0. The number of methoxy groups -OCH3 is 4. The zero-order chi connectivity index (χ0) is 20.4. The van der Waals surface area contributed by atoms with Crippen LogP contribution in [0.1, 0.15) is 31.2 Å². The van der Waals surface area contributed by atoms with Crippen LogP contribution in [0.2, 0.25) is 0 Å². The van der Waals surface area contributed by atoms with Crippen LogP contribution in [0.15, 0.2) is 17.1 Å². The highest BCUT2D eigenvalue weighted by atomic mass is 127. The van der Waals surface area contributed by atoms with Crippen molar-refractivity contribution in [2.45, 2.75) is 32.1 Å². The van der Waals surface area contributed by atoms with Crippen molar-refractivity contribution < 1.29 is 18.9 Å². The minimum Gasteiger partial charge on any atom is -0.493 e. The summed E-state index contributed by atoms with van der Waals surface area (Å²) in [5.41, 5.74) is 1.40. The highest BCUT2D eigenvalue weighted by Crippen LogP contribution is 2.43. The van der Waals surface area contributed by atoms with Crippen LogP contribution in [-0.2, 0) is 11.2 Å². The number of benzene rings is 1. The summed E-state index contributed by atoms with van der Waals surface area (Å²) in [6.07, 6.45) is 5.68. The first kappa shape index (κ1) is 25.6. The molecule has 2 N–H and O–H groups in total. The van der Waals surface area contributed by atoms with E-state index in [0.717, 1.165) is 44.1 Å². The number of ether oxygens (including phenoxy) is 4. The molecule has 0 amide bonds. The Morgan fingerprint density at radius 3 is 2.28 bits per heavy atom. The molecular weight excluding hydrogens is 485 g/mol. The number of guanidine groups is 1. The first-order chi connectivity index (χ1) is 13.6. The largest absolute Gasteiger partial charge is 0.493 e. The smallest absolute Gasteiger partial charge is 0.203 e. The minimum absolute atomic E-state index is 0. The maximum absolute atomic E-state index is 5.56. The summed E-state index contributed by atoms with van der Waals surface area (Å²) >= 11 is 0. The molecule has 2 rings (SSSR count). The number of hydrogen-bond donors (Lipinski definition) is 2. The first-order valence-electron chi connectivity index (χ1n) is 9.84. The SMILES string of the molecule is CN=C(NCCc1ccc(OC)c(OC)c1OC)NCC1(CCOC)CCC1.I. The van der Waals surface area contributed by atoms with Gasteiger partial charge in [0.15, 0.2) is 17.5 Å². The second-order valence-electron chi connectivity index (χ2n) is 7.19. The number of hydrogen-bond acceptors (Lipinski definition) is 5. The molecule has 0 aliphatic heterocycles. The van der Waals surface area contributed by atoms with Gasteiger partial charge in [-0.3, -0.25) is 4.99 Å². The van der Waals surface area contributed by atoms with E-state index in [1.54, 1.807) is 35.5 Å². The Kier molecular flexibility index (Phi) is 11.5. The van der Waals surface area contributed by atoms with Gasteiger partial charge in [-0.15, -0.1) is 24.0 Å². The Hall–Kier alpha value is -1.42. The van der Waals surface area contributed by atoms with E-state index in [2.05, 4.69) is 15.6 Å². The van der Waals surface area contributed by atoms with E-state index >= 15 is 0 Å². The van der Waals surface area contributed by atoms with E-state index in [-0.39, 0.29) is 24.0 Å². The van der Waals surface area contributed by atoms with Gasteiger partial charge in [-0.05, 0) is 37.2 Å². The third-order valence-corrected chi connectivity index (χ3v) is 5.58. The van der Waals surface area contributed by atoms with E-state index in [4.69, 9.17) is 18.9 Å². The van der Waals surface area contributed by atoms with Crippen molar-refractivity contribution in [1.29, 1.82) is 0 Å². The second-order valence-corrected chi connectivity index (χ2v) is 7.19. The summed E-state index contributed by atoms with van der Waals surface area (Å²) in [7, 11) is 8.45. The number of halogens is 1. The fraction of sp³-hybridized carbons (Fsp3) is 0.667. The van der Waals surface area contributed by atoms with Gasteiger partial charge in [0.05, 0.1) is 21.3 Å². The molecule has 1 aromatic carbocycles. The van der Waals surface area contributed by atoms with Crippen molar-refractivity contribution in [3.05, 3.63) is 17.7 Å². The molecule has 166 valence electrons. The quantitative estimate of drug-likeness (QED) is 0.265. The maximum atomic E-state index is 5.56. The Morgan fingerprint density at radius 2 is 1.76 bits per heavy atom. The van der Waals surface area contributed by atoms with Gasteiger partial charge in [0.2, 0.25) is 5.75 Å². The molecule has 0 heterocycles. The van der Waals surface area contributed by atoms with Crippen molar-refractivity contribution >= 4 is 29.9 Å². The summed E-state index contributed by atoms with van der Waals surface area (Å²) in [6.45, 7) is 2.47. The van der Waals surface area contributed by atoms with Gasteiger partial charge in [-0.1, -0.05) is 12.5 Å². The molecular formula is C21H36IN3O4. The van der Waals surface area contributed by atoms with Crippen molar-refractivity contribution in [3.8, 4) is 17.2 Å². The predicted molar refractivity (Wildman–Crippen MR) is 127 cm³/mol. The number of rotatable bonds is 11. The summed E-state index contributed by atoms with van der Waals surface area (Å²) in [4.78, 5) is 4.35. The topological polar surface area (TPSA) is 73.3 Å². The average Bonchev–Trinajstić information content (AvgIpc) is 2.70. The lowest BCUT2D eigenvalue weighted by molar-refractivity contribution is 0.0732. The normalized spacial score (nSPS) is 15.0. The molecule has 0 unspecified atom stereocenters. The van der Waals surface area contributed by atoms with Gasteiger partial charge in [-0.2, -0.15) is 0 Å². The molecule has 1 aliphatic rings. The van der Waals surface area contributed by atoms with Crippen LogP contribution in [0.3, 0.4) is 0 Å². The average molecular weight is 521 g/mol. The molecule has 1 aromatic rings. The number of nitrogens with one attached hydrogen (secondary N) is 2. The maximum Gasteiger partial charge on any atom is 0.203 e. The molecule has 1 fully saturated rings. The summed E-state index contributed by atoms with van der Waals surface area (Å²) in [5.74, 6) is 2.81. The zero-order valence-corrected chi connectivity index (χ0v) is 20.6. The zero-order valence-electron chi connectivity index (χ0n) is 18.3. The van der Waals surface area contributed by atoms with Crippen molar-refractivity contribution in [2.75, 3.05) is 55.2 Å². The molecule has 0 saturated heterocycles. The van der Waals surface area contributed by atoms with Gasteiger partial charge in [0.25, 0.3) is 0 Å². The Morgan fingerprint density at radius 1 is 1.03 bits per heavy atom. The van der Waals surface area contributed by atoms with Crippen LogP contribution >= 0.6 is 24.0 Å². The predicted octanol–water partition coefficient (Wildman–Crippen LogP) is 3.24. The fourth-order valence-electron chi connectivity index (χ4n) is 3.68. The Balaban J connectivity index is 0.00000420. The van der Waals surface area contributed by atoms with Gasteiger partial charge >= 0.3 is 0 Å². The molecule has 29 heavy (non-hydrogen) atoms. The molecule has 1 saturated carbocycles. The Labute approximate surface area is 191 Å². The molecule has 0 radical (unpaired) electrons. The summed E-state index contributed by atoms with van der Waals surface area (Å²) in [5, 5.41) is 6.88. The van der Waals surface area contributed by atoms with E-state index in [9.17, 15) is 0 Å². The molecule has 7 nitrogen and oxygen atoms in total. The van der Waals surface area contributed by atoms with Crippen LogP contribution in [0.4, 0.5) is 0 Å². The lowest BCUT2D eigenvalue weighted by Gasteiger charge is -2.42. The first-order valence-corrected chi connectivity index (χ1v) is 9.84. The van der Waals surface area contributed by atoms with Crippen molar-refractivity contribution in [2.24, 2.45) is 10.4 Å². The third kappa shape index (κ3) is 6.80. The molecule has 0 atom stereocenters. The summed E-state index contributed by atoms with van der Waals surface area (Å²) in [6, 6.07) is 3.91. The van der Waals surface area contributed by atoms with Crippen LogP contribution in [0.25, 0.3) is 0 Å². The molecule has 1 aliphatic carbocycles. The van der Waals surface area contributed by atoms with Crippen LogP contribution in [0, 0.1) is 5.41 Å². The van der Waals surface area contributed by atoms with Gasteiger partial charge in [-0.25, -0.2) is 0 Å². The second kappa shape index (κ2) is 13.0. The summed E-state index contributed by atoms with van der Waals surface area (Å²) < 4.78 is 21.6. The van der Waals surface area contributed by atoms with Crippen molar-refractivity contribution in [3.63, 3.8) is 0 Å². The van der Waals surface area contributed by atoms with Crippen LogP contribution in [0.5, 0.6) is 17.2 Å². The highest BCUT2D eigenvalue weighted by Gasteiger charge is 2.36. The molecule has 0 spiro atoms. The monoisotopic (exact) mass is 521 g/mol. The van der Waals surface area contributed by atoms with E-state index in [1.165, 1.54) is 19.3 Å². The number of nitrogens with zero attached hydrogens (tertiary/aromatic N) is 1. The lowest BCUT2D eigenvalue weighted by Crippen LogP contribution is -2.47. The lowest BCUT2D eigenvalue weighted by atomic mass is 9.67. The van der Waals surface area contributed by atoms with E-state index in [1.807, 2.05) is 12.1 Å². The molecule has 0 bridgehead atoms. The van der Waals surface area contributed by atoms with Gasteiger partial charge in [0.1, 0.15) is 0 Å². The molecule has 8 heteroatoms. The van der Waals surface area contributed by atoms with Crippen LogP contribution < -0.4 is 24.8 Å². The Bertz CT molecular complexity index is 651. The van der Waals surface area contributed by atoms with Crippen molar-refractivity contribution in [1.82, 2.24) is 10.6 Å². The fourth-order valence-corrected chi connectivity index (χ4v) is 3.68. The standard InChI is InChI=1S/C21H35N3O4.HI/c1-22-20(24-15-21(10-6-11-21)12-14-25-2)23-13-9-16-7-8-17(26-3)19(28-5)18(16)27-4;/h7-8H,6,9-15H2,1-5H3,(H2,22,23,24);1H. The van der Waals surface area contributed by atoms with Crippen LogP contribution in [-0.4, -0.2) is 61.1 Å². The number of aliphatic imine (C=N–C) groups is 1. The highest BCUT2D eigenvalue weighted by molar-refractivity contribution is 14.0. The van der Waals surface area contributed by atoms with E-state index in [0.29, 0.717) is 22.7 Å². The molecule has 0 aromatic heterocycles. The van der Waals surface area contributed by atoms with Gasteiger partial charge in [0, 0.05) is 39.4 Å².